The van der Waals surface area contributed by atoms with E-state index in [-0.39, 0.29) is 29.2 Å². The SMILES string of the molecule is CCCn1c(SCC(=O)Nc2cc(C)nn2C2CCS(=O)(=O)C2)nc2cc(Cl)ccc21. The summed E-state index contributed by atoms with van der Waals surface area (Å²) in [6, 6.07) is 7.12. The number of nitrogens with one attached hydrogen (secondary N) is 1. The number of aryl methyl sites for hydroxylation is 2. The van der Waals surface area contributed by atoms with Crippen molar-refractivity contribution in [3.8, 4) is 0 Å². The number of carbonyl (C=O) groups is 1. The summed E-state index contributed by atoms with van der Waals surface area (Å²) in [7, 11) is -3.05. The second-order valence-electron chi connectivity index (χ2n) is 7.69. The van der Waals surface area contributed by atoms with Crippen LogP contribution < -0.4 is 5.32 Å². The standard InChI is InChI=1S/C20H24ClN5O3S2/c1-3-7-25-17-5-4-14(21)10-16(17)22-20(25)30-11-19(27)23-18-9-13(2)24-26(18)15-6-8-31(28,29)12-15/h4-5,9-10,15H,3,6-8,11-12H2,1-2H3,(H,23,27). The van der Waals surface area contributed by atoms with Gasteiger partial charge in [-0.2, -0.15) is 5.10 Å². The molecule has 3 aromatic rings. The molecule has 1 saturated heterocycles. The fraction of sp³-hybridized carbons (Fsp3) is 0.450. The molecule has 1 N–H and O–H groups in total. The van der Waals surface area contributed by atoms with Crippen LogP contribution in [0, 0.1) is 6.92 Å². The highest BCUT2D eigenvalue weighted by molar-refractivity contribution is 7.99. The van der Waals surface area contributed by atoms with E-state index < -0.39 is 9.84 Å². The third-order valence-electron chi connectivity index (χ3n) is 5.13. The number of benzene rings is 1. The molecule has 1 aromatic carbocycles. The van der Waals surface area contributed by atoms with Gasteiger partial charge in [0.15, 0.2) is 15.0 Å². The van der Waals surface area contributed by atoms with E-state index in [1.54, 1.807) is 10.7 Å². The van der Waals surface area contributed by atoms with Crippen molar-refractivity contribution in [1.29, 1.82) is 0 Å². The minimum atomic E-state index is -3.05. The molecular weight excluding hydrogens is 458 g/mol. The van der Waals surface area contributed by atoms with Crippen molar-refractivity contribution in [2.75, 3.05) is 22.6 Å². The van der Waals surface area contributed by atoms with Crippen LogP contribution in [0.4, 0.5) is 5.82 Å². The Bertz CT molecular complexity index is 1240. The second-order valence-corrected chi connectivity index (χ2v) is 11.3. The highest BCUT2D eigenvalue weighted by Crippen LogP contribution is 2.29. The van der Waals surface area contributed by atoms with E-state index in [0.29, 0.717) is 17.3 Å². The van der Waals surface area contributed by atoms with Crippen molar-refractivity contribution in [1.82, 2.24) is 19.3 Å². The lowest BCUT2D eigenvalue weighted by atomic mass is 10.3. The summed E-state index contributed by atoms with van der Waals surface area (Å²) in [5, 5.41) is 8.68. The number of rotatable bonds is 7. The van der Waals surface area contributed by atoms with Crippen LogP contribution in [0.25, 0.3) is 11.0 Å². The fourth-order valence-corrected chi connectivity index (χ4v) is 6.50. The predicted octanol–water partition coefficient (Wildman–Crippen LogP) is 3.70. The highest BCUT2D eigenvalue weighted by atomic mass is 35.5. The molecule has 1 atom stereocenters. The topological polar surface area (TPSA) is 98.9 Å². The van der Waals surface area contributed by atoms with E-state index >= 15 is 0 Å². The maximum atomic E-state index is 12.7. The summed E-state index contributed by atoms with van der Waals surface area (Å²) in [5.41, 5.74) is 2.53. The number of thioether (sulfide) groups is 1. The van der Waals surface area contributed by atoms with E-state index in [1.165, 1.54) is 11.8 Å². The summed E-state index contributed by atoms with van der Waals surface area (Å²) in [4.78, 5) is 17.3. The molecule has 8 nitrogen and oxygen atoms in total. The zero-order valence-corrected chi connectivity index (χ0v) is 19.7. The Labute approximate surface area is 190 Å². The van der Waals surface area contributed by atoms with Gasteiger partial charge in [0.2, 0.25) is 5.91 Å². The number of nitrogens with zero attached hydrogens (tertiary/aromatic N) is 4. The molecule has 0 bridgehead atoms. The van der Waals surface area contributed by atoms with Crippen LogP contribution in [0.1, 0.15) is 31.5 Å². The number of sulfone groups is 1. The van der Waals surface area contributed by atoms with Crippen LogP contribution in [-0.2, 0) is 21.2 Å². The number of imidazole rings is 1. The summed E-state index contributed by atoms with van der Waals surface area (Å²) in [6.45, 7) is 4.71. The third-order valence-corrected chi connectivity index (χ3v) is 8.10. The average molecular weight is 482 g/mol. The molecule has 0 aliphatic carbocycles. The van der Waals surface area contributed by atoms with E-state index in [0.717, 1.165) is 34.8 Å². The summed E-state index contributed by atoms with van der Waals surface area (Å²) in [6.07, 6.45) is 1.45. The lowest BCUT2D eigenvalue weighted by molar-refractivity contribution is -0.113. The molecule has 1 aliphatic rings. The lowest BCUT2D eigenvalue weighted by Crippen LogP contribution is -2.20. The number of aromatic nitrogens is 4. The lowest BCUT2D eigenvalue weighted by Gasteiger charge is -2.14. The van der Waals surface area contributed by atoms with Gasteiger partial charge < -0.3 is 9.88 Å². The van der Waals surface area contributed by atoms with Gasteiger partial charge in [0.05, 0.1) is 40.0 Å². The molecule has 166 valence electrons. The molecule has 31 heavy (non-hydrogen) atoms. The maximum absolute atomic E-state index is 12.7. The zero-order chi connectivity index (χ0) is 22.2. The quantitative estimate of drug-likeness (QED) is 0.516. The van der Waals surface area contributed by atoms with Crippen LogP contribution in [0.2, 0.25) is 5.02 Å². The maximum Gasteiger partial charge on any atom is 0.235 e. The van der Waals surface area contributed by atoms with Crippen molar-refractivity contribution in [2.24, 2.45) is 0 Å². The first-order chi connectivity index (χ1) is 14.8. The van der Waals surface area contributed by atoms with Gasteiger partial charge in [0.25, 0.3) is 0 Å². The first-order valence-electron chi connectivity index (χ1n) is 10.1. The summed E-state index contributed by atoms with van der Waals surface area (Å²) in [5.74, 6) is 0.708. The molecule has 1 fully saturated rings. The number of anilines is 1. The Hall–Kier alpha value is -2.04. The van der Waals surface area contributed by atoms with Crippen LogP contribution in [0.3, 0.4) is 0 Å². The molecule has 1 aliphatic heterocycles. The zero-order valence-electron chi connectivity index (χ0n) is 17.3. The smallest absolute Gasteiger partial charge is 0.235 e. The monoisotopic (exact) mass is 481 g/mol. The number of fused-ring (bicyclic) bond motifs is 1. The van der Waals surface area contributed by atoms with Crippen molar-refractivity contribution in [2.45, 2.75) is 44.4 Å². The Kier molecular flexibility index (Phi) is 6.32. The third kappa shape index (κ3) is 4.91. The average Bonchev–Trinajstić information content (AvgIpc) is 3.35. The van der Waals surface area contributed by atoms with Gasteiger partial charge >= 0.3 is 0 Å². The Morgan fingerprint density at radius 2 is 2.16 bits per heavy atom. The van der Waals surface area contributed by atoms with Gasteiger partial charge in [-0.05, 0) is 38.0 Å². The van der Waals surface area contributed by atoms with Crippen LogP contribution >= 0.6 is 23.4 Å². The first kappa shape index (κ1) is 22.2. The number of halogens is 1. The van der Waals surface area contributed by atoms with Gasteiger partial charge in [-0.15, -0.1) is 0 Å². The minimum absolute atomic E-state index is 0.0509. The molecule has 0 spiro atoms. The van der Waals surface area contributed by atoms with Crippen LogP contribution in [-0.4, -0.2) is 50.9 Å². The highest BCUT2D eigenvalue weighted by Gasteiger charge is 2.31. The largest absolute Gasteiger partial charge is 0.319 e. The molecule has 1 unspecified atom stereocenters. The minimum Gasteiger partial charge on any atom is -0.319 e. The fourth-order valence-electron chi connectivity index (χ4n) is 3.80. The normalized spacial score (nSPS) is 18.0. The molecule has 4 rings (SSSR count). The molecule has 3 heterocycles. The number of carbonyl (C=O) groups excluding carboxylic acids is 1. The molecule has 1 amide bonds. The van der Waals surface area contributed by atoms with Crippen LogP contribution in [0.5, 0.6) is 0 Å². The molecule has 2 aromatic heterocycles. The van der Waals surface area contributed by atoms with Gasteiger partial charge in [0, 0.05) is 17.6 Å². The van der Waals surface area contributed by atoms with Crippen molar-refractivity contribution >= 4 is 56.0 Å². The summed E-state index contributed by atoms with van der Waals surface area (Å²) >= 11 is 7.46. The van der Waals surface area contributed by atoms with Crippen LogP contribution in [0.15, 0.2) is 29.4 Å². The Morgan fingerprint density at radius 3 is 2.87 bits per heavy atom. The molecule has 0 radical (unpaired) electrons. The molecule has 11 heteroatoms. The van der Waals surface area contributed by atoms with E-state index in [1.807, 2.05) is 25.1 Å². The predicted molar refractivity (Wildman–Crippen MR) is 124 cm³/mol. The first-order valence-corrected chi connectivity index (χ1v) is 13.3. The van der Waals surface area contributed by atoms with Gasteiger partial charge in [0.1, 0.15) is 5.82 Å². The van der Waals surface area contributed by atoms with E-state index in [4.69, 9.17) is 11.6 Å². The van der Waals surface area contributed by atoms with Crippen molar-refractivity contribution < 1.29 is 13.2 Å². The molecule has 0 saturated carbocycles. The van der Waals surface area contributed by atoms with Gasteiger partial charge in [-0.25, -0.2) is 18.1 Å². The molecular formula is C20H24ClN5O3S2. The van der Waals surface area contributed by atoms with Crippen molar-refractivity contribution in [3.05, 3.63) is 35.0 Å². The van der Waals surface area contributed by atoms with Gasteiger partial charge in [-0.1, -0.05) is 30.3 Å². The van der Waals surface area contributed by atoms with Gasteiger partial charge in [-0.3, -0.25) is 4.79 Å². The number of hydrogen-bond donors (Lipinski definition) is 1. The Morgan fingerprint density at radius 1 is 1.35 bits per heavy atom. The number of amides is 1. The van der Waals surface area contributed by atoms with E-state index in [2.05, 4.69) is 26.9 Å². The summed E-state index contributed by atoms with van der Waals surface area (Å²) < 4.78 is 27.4. The second kappa shape index (κ2) is 8.84. The van der Waals surface area contributed by atoms with Crippen molar-refractivity contribution in [3.63, 3.8) is 0 Å². The Balaban J connectivity index is 1.48. The van der Waals surface area contributed by atoms with E-state index in [9.17, 15) is 13.2 Å². The number of hydrogen-bond acceptors (Lipinski definition) is 6.